The fourth-order valence-corrected chi connectivity index (χ4v) is 4.58. The molecular weight excluding hydrogens is 408 g/mol. The Morgan fingerprint density at radius 2 is 1.48 bits per heavy atom. The minimum absolute atomic E-state index is 0.153. The fourth-order valence-electron chi connectivity index (χ4n) is 3.44. The van der Waals surface area contributed by atoms with E-state index in [2.05, 4.69) is 23.9 Å². The average Bonchev–Trinajstić information content (AvgIpc) is 2.74. The van der Waals surface area contributed by atoms with Crippen LogP contribution in [0, 0.1) is 19.8 Å². The summed E-state index contributed by atoms with van der Waals surface area (Å²) in [5, 5.41) is 3.11. The van der Waals surface area contributed by atoms with Crippen molar-refractivity contribution >= 4 is 21.6 Å². The molecule has 0 saturated heterocycles. The summed E-state index contributed by atoms with van der Waals surface area (Å²) in [6.07, 6.45) is 0. The number of amides is 1. The van der Waals surface area contributed by atoms with Crippen LogP contribution in [0.1, 0.15) is 46.9 Å². The highest BCUT2D eigenvalue weighted by Gasteiger charge is 2.22. The zero-order chi connectivity index (χ0) is 22.6. The maximum atomic E-state index is 13.1. The Balaban J connectivity index is 1.86. The molecule has 0 fully saturated rings. The van der Waals surface area contributed by atoms with Crippen LogP contribution in [-0.2, 0) is 10.0 Å². The summed E-state index contributed by atoms with van der Waals surface area (Å²) in [5.41, 5.74) is 3.70. The monoisotopic (exact) mass is 436 g/mol. The van der Waals surface area contributed by atoms with E-state index in [9.17, 15) is 13.2 Å². The second-order valence-electron chi connectivity index (χ2n) is 8.00. The number of nitrogens with one attached hydrogen (secondary N) is 2. The van der Waals surface area contributed by atoms with Crippen LogP contribution in [0.15, 0.2) is 77.7 Å². The molecule has 3 aromatic rings. The van der Waals surface area contributed by atoms with Crippen molar-refractivity contribution in [3.63, 3.8) is 0 Å². The Hall–Kier alpha value is -3.12. The van der Waals surface area contributed by atoms with E-state index in [0.717, 1.165) is 16.7 Å². The van der Waals surface area contributed by atoms with Gasteiger partial charge in [-0.05, 0) is 60.7 Å². The molecular formula is C25H28N2O3S. The van der Waals surface area contributed by atoms with Crippen LogP contribution in [0.5, 0.6) is 0 Å². The van der Waals surface area contributed by atoms with E-state index in [-0.39, 0.29) is 22.8 Å². The van der Waals surface area contributed by atoms with Gasteiger partial charge in [0, 0.05) is 5.56 Å². The lowest BCUT2D eigenvalue weighted by atomic mass is 9.92. The van der Waals surface area contributed by atoms with Gasteiger partial charge in [-0.25, -0.2) is 8.42 Å². The molecule has 0 heterocycles. The molecule has 0 aliphatic rings. The lowest BCUT2D eigenvalue weighted by Gasteiger charge is -2.25. The highest BCUT2D eigenvalue weighted by molar-refractivity contribution is 7.92. The van der Waals surface area contributed by atoms with Gasteiger partial charge in [-0.15, -0.1) is 0 Å². The SMILES string of the molecule is Cc1ccc(C(=O)N[C@H](c2ccccc2C)C(C)C)cc1NS(=O)(=O)c1ccccc1. The molecule has 0 bridgehead atoms. The van der Waals surface area contributed by atoms with E-state index >= 15 is 0 Å². The number of rotatable bonds is 7. The summed E-state index contributed by atoms with van der Waals surface area (Å²) in [6, 6.07) is 21.0. The number of anilines is 1. The van der Waals surface area contributed by atoms with Crippen molar-refractivity contribution in [2.24, 2.45) is 5.92 Å². The minimum Gasteiger partial charge on any atom is -0.345 e. The van der Waals surface area contributed by atoms with E-state index in [1.54, 1.807) is 43.3 Å². The molecule has 3 aromatic carbocycles. The summed E-state index contributed by atoms with van der Waals surface area (Å²) in [4.78, 5) is 13.2. The van der Waals surface area contributed by atoms with E-state index in [0.29, 0.717) is 11.3 Å². The van der Waals surface area contributed by atoms with Crippen LogP contribution in [0.3, 0.4) is 0 Å². The third-order valence-corrected chi connectivity index (χ3v) is 6.66. The van der Waals surface area contributed by atoms with Crippen molar-refractivity contribution in [3.8, 4) is 0 Å². The molecule has 1 atom stereocenters. The summed E-state index contributed by atoms with van der Waals surface area (Å²) < 4.78 is 28.0. The second kappa shape index (κ2) is 9.35. The topological polar surface area (TPSA) is 75.3 Å². The number of aryl methyl sites for hydroxylation is 2. The third kappa shape index (κ3) is 5.33. The lowest BCUT2D eigenvalue weighted by molar-refractivity contribution is 0.0925. The van der Waals surface area contributed by atoms with Crippen LogP contribution in [0.4, 0.5) is 5.69 Å². The van der Waals surface area contributed by atoms with Crippen molar-refractivity contribution < 1.29 is 13.2 Å². The van der Waals surface area contributed by atoms with Crippen LogP contribution in [0.2, 0.25) is 0 Å². The Morgan fingerprint density at radius 3 is 2.13 bits per heavy atom. The second-order valence-corrected chi connectivity index (χ2v) is 9.68. The summed E-state index contributed by atoms with van der Waals surface area (Å²) in [5.74, 6) is -0.0614. The molecule has 1 amide bonds. The smallest absolute Gasteiger partial charge is 0.261 e. The highest BCUT2D eigenvalue weighted by Crippen LogP contribution is 2.26. The Labute approximate surface area is 184 Å². The first-order valence-corrected chi connectivity index (χ1v) is 11.7. The van der Waals surface area contributed by atoms with Gasteiger partial charge in [-0.1, -0.05) is 62.4 Å². The highest BCUT2D eigenvalue weighted by atomic mass is 32.2. The summed E-state index contributed by atoms with van der Waals surface area (Å²) in [7, 11) is -3.75. The number of carbonyl (C=O) groups is 1. The fraction of sp³-hybridized carbons (Fsp3) is 0.240. The summed E-state index contributed by atoms with van der Waals surface area (Å²) in [6.45, 7) is 7.95. The van der Waals surface area contributed by atoms with E-state index in [4.69, 9.17) is 0 Å². The lowest BCUT2D eigenvalue weighted by Crippen LogP contribution is -2.32. The molecule has 6 heteroatoms. The minimum atomic E-state index is -3.75. The number of hydrogen-bond donors (Lipinski definition) is 2. The first-order valence-electron chi connectivity index (χ1n) is 10.2. The molecule has 0 unspecified atom stereocenters. The molecule has 2 N–H and O–H groups in total. The molecule has 0 saturated carbocycles. The Morgan fingerprint density at radius 1 is 0.839 bits per heavy atom. The van der Waals surface area contributed by atoms with Gasteiger partial charge in [0.1, 0.15) is 0 Å². The number of carbonyl (C=O) groups excluding carboxylic acids is 1. The normalized spacial score (nSPS) is 12.4. The maximum absolute atomic E-state index is 13.1. The number of sulfonamides is 1. The van der Waals surface area contributed by atoms with E-state index in [1.165, 1.54) is 12.1 Å². The largest absolute Gasteiger partial charge is 0.345 e. The zero-order valence-corrected chi connectivity index (χ0v) is 19.0. The van der Waals surface area contributed by atoms with Gasteiger partial charge in [-0.3, -0.25) is 9.52 Å². The van der Waals surface area contributed by atoms with Gasteiger partial charge >= 0.3 is 0 Å². The number of benzene rings is 3. The predicted octanol–water partition coefficient (Wildman–Crippen LogP) is 5.23. The van der Waals surface area contributed by atoms with Gasteiger partial charge < -0.3 is 5.32 Å². The van der Waals surface area contributed by atoms with Crippen molar-refractivity contribution in [2.45, 2.75) is 38.6 Å². The molecule has 0 aliphatic heterocycles. The molecule has 3 rings (SSSR count). The van der Waals surface area contributed by atoms with Crippen LogP contribution in [0.25, 0.3) is 0 Å². The van der Waals surface area contributed by atoms with Crippen LogP contribution < -0.4 is 10.0 Å². The first-order chi connectivity index (χ1) is 14.7. The Bertz CT molecular complexity index is 1170. The first kappa shape index (κ1) is 22.6. The maximum Gasteiger partial charge on any atom is 0.261 e. The van der Waals surface area contributed by atoms with Crippen LogP contribution in [-0.4, -0.2) is 14.3 Å². The molecule has 0 radical (unpaired) electrons. The predicted molar refractivity (Wildman–Crippen MR) is 125 cm³/mol. The molecule has 0 spiro atoms. The third-order valence-electron chi connectivity index (χ3n) is 5.27. The van der Waals surface area contributed by atoms with E-state index in [1.807, 2.05) is 31.2 Å². The van der Waals surface area contributed by atoms with Gasteiger partial charge in [0.25, 0.3) is 15.9 Å². The molecule has 5 nitrogen and oxygen atoms in total. The Kier molecular flexibility index (Phi) is 6.81. The standard InChI is InChI=1S/C25H28N2O3S/c1-17(2)24(22-13-9-8-10-18(22)3)26-25(28)20-15-14-19(4)23(16-20)27-31(29,30)21-11-6-5-7-12-21/h5-17,24,27H,1-4H3,(H,26,28)/t24-/m0/s1. The van der Waals surface area contributed by atoms with Gasteiger partial charge in [0.05, 0.1) is 16.6 Å². The van der Waals surface area contributed by atoms with Gasteiger partial charge in [-0.2, -0.15) is 0 Å². The quantitative estimate of drug-likeness (QED) is 0.532. The molecule has 0 aromatic heterocycles. The van der Waals surface area contributed by atoms with Crippen molar-refractivity contribution in [2.75, 3.05) is 4.72 Å². The van der Waals surface area contributed by atoms with Crippen molar-refractivity contribution in [3.05, 3.63) is 95.1 Å². The summed E-state index contributed by atoms with van der Waals surface area (Å²) >= 11 is 0. The number of hydrogen-bond acceptors (Lipinski definition) is 3. The zero-order valence-electron chi connectivity index (χ0n) is 18.2. The molecule has 162 valence electrons. The molecule has 0 aliphatic carbocycles. The molecule has 31 heavy (non-hydrogen) atoms. The van der Waals surface area contributed by atoms with Crippen molar-refractivity contribution in [1.82, 2.24) is 5.32 Å². The van der Waals surface area contributed by atoms with Crippen molar-refractivity contribution in [1.29, 1.82) is 0 Å². The van der Waals surface area contributed by atoms with Gasteiger partial charge in [0.15, 0.2) is 0 Å². The van der Waals surface area contributed by atoms with Gasteiger partial charge in [0.2, 0.25) is 0 Å². The van der Waals surface area contributed by atoms with Crippen LogP contribution >= 0.6 is 0 Å². The van der Waals surface area contributed by atoms with E-state index < -0.39 is 10.0 Å². The average molecular weight is 437 g/mol.